The number of nitrogen functional groups attached to an aromatic ring is 1. The van der Waals surface area contributed by atoms with E-state index in [1.165, 1.54) is 0 Å². The lowest BCUT2D eigenvalue weighted by molar-refractivity contribution is -0.141. The zero-order chi connectivity index (χ0) is 15.6. The van der Waals surface area contributed by atoms with Crippen LogP contribution in [0.4, 0.5) is 24.9 Å². The SMILES string of the molecule is CN(Cc1ccc(Br)cc1)c1cc(C(F)(F)F)nc(N)n1. The molecule has 0 atom stereocenters. The lowest BCUT2D eigenvalue weighted by atomic mass is 10.2. The van der Waals surface area contributed by atoms with Gasteiger partial charge in [0.15, 0.2) is 5.69 Å². The molecule has 0 saturated carbocycles. The fraction of sp³-hybridized carbons (Fsp3) is 0.231. The number of benzene rings is 1. The van der Waals surface area contributed by atoms with E-state index in [1.54, 1.807) is 11.9 Å². The molecule has 2 rings (SSSR count). The fourth-order valence-electron chi connectivity index (χ4n) is 1.74. The van der Waals surface area contributed by atoms with Crippen LogP contribution in [0.15, 0.2) is 34.8 Å². The number of hydrogen-bond acceptors (Lipinski definition) is 4. The predicted molar refractivity (Wildman–Crippen MR) is 77.7 cm³/mol. The molecule has 0 aliphatic carbocycles. The fourth-order valence-corrected chi connectivity index (χ4v) is 2.00. The first-order valence-electron chi connectivity index (χ1n) is 5.93. The van der Waals surface area contributed by atoms with Crippen LogP contribution in [0.1, 0.15) is 11.3 Å². The van der Waals surface area contributed by atoms with E-state index in [-0.39, 0.29) is 5.82 Å². The van der Waals surface area contributed by atoms with Crippen molar-refractivity contribution in [1.29, 1.82) is 0 Å². The van der Waals surface area contributed by atoms with Gasteiger partial charge < -0.3 is 10.6 Å². The van der Waals surface area contributed by atoms with E-state index in [2.05, 4.69) is 25.9 Å². The maximum atomic E-state index is 12.7. The number of alkyl halides is 3. The number of aromatic nitrogens is 2. The van der Waals surface area contributed by atoms with Crippen molar-refractivity contribution in [2.45, 2.75) is 12.7 Å². The van der Waals surface area contributed by atoms with Crippen molar-refractivity contribution in [3.63, 3.8) is 0 Å². The van der Waals surface area contributed by atoms with Crippen LogP contribution in [0.25, 0.3) is 0 Å². The molecule has 0 aliphatic rings. The van der Waals surface area contributed by atoms with E-state index in [9.17, 15) is 13.2 Å². The summed E-state index contributed by atoms with van der Waals surface area (Å²) in [6, 6.07) is 8.35. The minimum Gasteiger partial charge on any atom is -0.368 e. The highest BCUT2D eigenvalue weighted by atomic mass is 79.9. The first-order valence-corrected chi connectivity index (χ1v) is 6.72. The van der Waals surface area contributed by atoms with Gasteiger partial charge in [-0.15, -0.1) is 0 Å². The Hall–Kier alpha value is -1.83. The third-order valence-electron chi connectivity index (χ3n) is 2.74. The smallest absolute Gasteiger partial charge is 0.368 e. The van der Waals surface area contributed by atoms with Gasteiger partial charge in [-0.2, -0.15) is 18.2 Å². The lowest BCUT2D eigenvalue weighted by Gasteiger charge is -2.19. The van der Waals surface area contributed by atoms with Crippen molar-refractivity contribution in [3.05, 3.63) is 46.1 Å². The Bertz CT molecular complexity index is 628. The molecular weight excluding hydrogens is 349 g/mol. The van der Waals surface area contributed by atoms with Crippen molar-refractivity contribution >= 4 is 27.7 Å². The van der Waals surface area contributed by atoms with Crippen LogP contribution in [-0.2, 0) is 12.7 Å². The van der Waals surface area contributed by atoms with Gasteiger partial charge in [-0.1, -0.05) is 28.1 Å². The van der Waals surface area contributed by atoms with Crippen molar-refractivity contribution in [1.82, 2.24) is 9.97 Å². The summed E-state index contributed by atoms with van der Waals surface area (Å²) in [5.41, 5.74) is 5.24. The minimum absolute atomic E-state index is 0.123. The number of nitrogens with two attached hydrogens (primary N) is 1. The van der Waals surface area contributed by atoms with E-state index in [1.807, 2.05) is 24.3 Å². The van der Waals surface area contributed by atoms with Crippen LogP contribution in [0, 0.1) is 0 Å². The Labute approximate surface area is 127 Å². The van der Waals surface area contributed by atoms with Crippen LogP contribution in [0.2, 0.25) is 0 Å². The van der Waals surface area contributed by atoms with E-state index in [4.69, 9.17) is 5.73 Å². The molecule has 0 saturated heterocycles. The van der Waals surface area contributed by atoms with E-state index >= 15 is 0 Å². The number of nitrogens with zero attached hydrogens (tertiary/aromatic N) is 3. The zero-order valence-corrected chi connectivity index (χ0v) is 12.6. The number of hydrogen-bond donors (Lipinski definition) is 1. The van der Waals surface area contributed by atoms with Crippen LogP contribution in [0.5, 0.6) is 0 Å². The molecule has 4 nitrogen and oxygen atoms in total. The largest absolute Gasteiger partial charge is 0.433 e. The minimum atomic E-state index is -4.55. The molecular formula is C13H12BrF3N4. The molecule has 0 fully saturated rings. The standard InChI is InChI=1S/C13H12BrF3N4/c1-21(7-8-2-4-9(14)5-3-8)11-6-10(13(15,16)17)19-12(18)20-11/h2-6H,7H2,1H3,(H2,18,19,20). The van der Waals surface area contributed by atoms with Crippen LogP contribution in [-0.4, -0.2) is 17.0 Å². The molecule has 2 N–H and O–H groups in total. The Balaban J connectivity index is 2.24. The van der Waals surface area contributed by atoms with Crippen LogP contribution < -0.4 is 10.6 Å². The highest BCUT2D eigenvalue weighted by Gasteiger charge is 2.33. The first-order chi connectivity index (χ1) is 9.75. The van der Waals surface area contributed by atoms with Crippen LogP contribution in [0.3, 0.4) is 0 Å². The summed E-state index contributed by atoms with van der Waals surface area (Å²) in [4.78, 5) is 8.64. The van der Waals surface area contributed by atoms with E-state index < -0.39 is 17.8 Å². The molecule has 1 aromatic heterocycles. The molecule has 8 heteroatoms. The van der Waals surface area contributed by atoms with Gasteiger partial charge >= 0.3 is 6.18 Å². The van der Waals surface area contributed by atoms with Gasteiger partial charge in [-0.25, -0.2) is 4.98 Å². The van der Waals surface area contributed by atoms with Gasteiger partial charge in [0.1, 0.15) is 5.82 Å². The van der Waals surface area contributed by atoms with Gasteiger partial charge in [-0.05, 0) is 17.7 Å². The van der Waals surface area contributed by atoms with Gasteiger partial charge in [0.2, 0.25) is 5.95 Å². The Morgan fingerprint density at radius 3 is 2.38 bits per heavy atom. The van der Waals surface area contributed by atoms with Crippen molar-refractivity contribution in [2.24, 2.45) is 0 Å². The molecule has 1 heterocycles. The number of halogens is 4. The lowest BCUT2D eigenvalue weighted by Crippen LogP contribution is -2.20. The summed E-state index contributed by atoms with van der Waals surface area (Å²) in [6.45, 7) is 0.404. The highest BCUT2D eigenvalue weighted by molar-refractivity contribution is 9.10. The normalized spacial score (nSPS) is 11.5. The monoisotopic (exact) mass is 360 g/mol. The second kappa shape index (κ2) is 5.88. The van der Waals surface area contributed by atoms with Gasteiger partial charge in [0, 0.05) is 24.1 Å². The third kappa shape index (κ3) is 4.07. The maximum absolute atomic E-state index is 12.7. The summed E-state index contributed by atoms with van der Waals surface area (Å²) >= 11 is 3.32. The van der Waals surface area contributed by atoms with E-state index in [0.29, 0.717) is 6.54 Å². The molecule has 0 spiro atoms. The molecule has 0 aliphatic heterocycles. The number of rotatable bonds is 3. The summed E-state index contributed by atoms with van der Waals surface area (Å²) in [5.74, 6) is -0.278. The highest BCUT2D eigenvalue weighted by Crippen LogP contribution is 2.30. The molecule has 2 aromatic rings. The summed E-state index contributed by atoms with van der Waals surface area (Å²) in [6.07, 6.45) is -4.55. The molecule has 21 heavy (non-hydrogen) atoms. The van der Waals surface area contributed by atoms with Gasteiger partial charge in [0.05, 0.1) is 0 Å². The average Bonchev–Trinajstić information content (AvgIpc) is 2.39. The summed E-state index contributed by atoms with van der Waals surface area (Å²) < 4.78 is 39.1. The number of anilines is 2. The summed E-state index contributed by atoms with van der Waals surface area (Å²) in [7, 11) is 1.64. The Kier molecular flexibility index (Phi) is 4.36. The van der Waals surface area contributed by atoms with Crippen molar-refractivity contribution < 1.29 is 13.2 Å². The molecule has 112 valence electrons. The average molecular weight is 361 g/mol. The Morgan fingerprint density at radius 1 is 1.19 bits per heavy atom. The predicted octanol–water partition coefficient (Wildman–Crippen LogP) is 3.48. The topological polar surface area (TPSA) is 55.0 Å². The second-order valence-electron chi connectivity index (χ2n) is 4.45. The van der Waals surface area contributed by atoms with Crippen LogP contribution >= 0.6 is 15.9 Å². The molecule has 0 amide bonds. The van der Waals surface area contributed by atoms with Gasteiger partial charge in [0.25, 0.3) is 0 Å². The van der Waals surface area contributed by atoms with E-state index in [0.717, 1.165) is 16.1 Å². The van der Waals surface area contributed by atoms with Crippen molar-refractivity contribution in [2.75, 3.05) is 17.7 Å². The molecule has 1 aromatic carbocycles. The quantitative estimate of drug-likeness (QED) is 0.910. The first kappa shape index (κ1) is 15.6. The molecule has 0 unspecified atom stereocenters. The maximum Gasteiger partial charge on any atom is 0.433 e. The molecule has 0 bridgehead atoms. The Morgan fingerprint density at radius 2 is 1.81 bits per heavy atom. The van der Waals surface area contributed by atoms with Crippen molar-refractivity contribution in [3.8, 4) is 0 Å². The third-order valence-corrected chi connectivity index (χ3v) is 3.27. The second-order valence-corrected chi connectivity index (χ2v) is 5.37. The zero-order valence-electron chi connectivity index (χ0n) is 11.0. The molecule has 0 radical (unpaired) electrons. The summed E-state index contributed by atoms with van der Waals surface area (Å²) in [5, 5.41) is 0. The van der Waals surface area contributed by atoms with Gasteiger partial charge in [-0.3, -0.25) is 0 Å².